The second kappa shape index (κ2) is 11.5. The molecule has 2 fully saturated rings. The third-order valence-corrected chi connectivity index (χ3v) is 6.39. The Balaban J connectivity index is 1.96. The quantitative estimate of drug-likeness (QED) is 0.500. The molecule has 0 aromatic rings. The number of nitrogens with one attached hydrogen (secondary N) is 2. The molecule has 0 aliphatic carbocycles. The van der Waals surface area contributed by atoms with E-state index in [1.165, 1.54) is 6.42 Å². The SMILES string of the molecule is CCNC(=NCC(C(C)C)N1CCN(C)CC1)NCC1CCCOC1C(C)(C)C. The number of likely N-dealkylation sites (N-methyl/N-ethyl adjacent to an activating group) is 1. The lowest BCUT2D eigenvalue weighted by Gasteiger charge is -2.40. The molecule has 0 bridgehead atoms. The van der Waals surface area contributed by atoms with Crippen molar-refractivity contribution in [2.75, 3.05) is 59.5 Å². The Labute approximate surface area is 179 Å². The summed E-state index contributed by atoms with van der Waals surface area (Å²) in [6.07, 6.45) is 2.69. The molecule has 2 aliphatic rings. The average molecular weight is 410 g/mol. The van der Waals surface area contributed by atoms with Gasteiger partial charge in [-0.2, -0.15) is 0 Å². The van der Waals surface area contributed by atoms with Gasteiger partial charge in [-0.1, -0.05) is 34.6 Å². The highest BCUT2D eigenvalue weighted by atomic mass is 16.5. The zero-order valence-corrected chi connectivity index (χ0v) is 20.1. The summed E-state index contributed by atoms with van der Waals surface area (Å²) < 4.78 is 6.15. The highest BCUT2D eigenvalue weighted by Crippen LogP contribution is 2.33. The molecule has 6 nitrogen and oxygen atoms in total. The van der Waals surface area contributed by atoms with Crippen LogP contribution in [0, 0.1) is 17.3 Å². The van der Waals surface area contributed by atoms with E-state index >= 15 is 0 Å². The zero-order chi connectivity index (χ0) is 21.4. The van der Waals surface area contributed by atoms with Gasteiger partial charge in [0.05, 0.1) is 12.6 Å². The Kier molecular flexibility index (Phi) is 9.70. The zero-order valence-electron chi connectivity index (χ0n) is 20.1. The van der Waals surface area contributed by atoms with E-state index in [4.69, 9.17) is 9.73 Å². The summed E-state index contributed by atoms with van der Waals surface area (Å²) in [5, 5.41) is 7.08. The highest BCUT2D eigenvalue weighted by Gasteiger charge is 2.35. The summed E-state index contributed by atoms with van der Waals surface area (Å²) in [6, 6.07) is 0.500. The van der Waals surface area contributed by atoms with E-state index < -0.39 is 0 Å². The maximum atomic E-state index is 6.15. The molecule has 0 aromatic carbocycles. The van der Waals surface area contributed by atoms with E-state index in [9.17, 15) is 0 Å². The van der Waals surface area contributed by atoms with Crippen molar-refractivity contribution in [1.82, 2.24) is 20.4 Å². The molecule has 0 amide bonds. The van der Waals surface area contributed by atoms with Gasteiger partial charge in [-0.3, -0.25) is 9.89 Å². The third-order valence-electron chi connectivity index (χ3n) is 6.39. The minimum Gasteiger partial charge on any atom is -0.377 e. The number of nitrogens with zero attached hydrogens (tertiary/aromatic N) is 3. The Morgan fingerprint density at radius 3 is 2.41 bits per heavy atom. The minimum atomic E-state index is 0.173. The molecular formula is C23H47N5O. The molecule has 2 N–H and O–H groups in total. The standard InChI is InChI=1S/C23H47N5O/c1-8-24-22(25-16-19-10-9-15-29-21(19)23(4,5)6)26-17-20(18(2)3)28-13-11-27(7)12-14-28/h18-21H,8-17H2,1-7H3,(H2,24,25,26). The maximum absolute atomic E-state index is 6.15. The van der Waals surface area contributed by atoms with Crippen molar-refractivity contribution >= 4 is 5.96 Å². The summed E-state index contributed by atoms with van der Waals surface area (Å²) in [7, 11) is 2.22. The van der Waals surface area contributed by atoms with Crippen molar-refractivity contribution in [3.63, 3.8) is 0 Å². The van der Waals surface area contributed by atoms with Gasteiger partial charge in [0.1, 0.15) is 0 Å². The van der Waals surface area contributed by atoms with Crippen LogP contribution in [-0.2, 0) is 4.74 Å². The first-order chi connectivity index (χ1) is 13.7. The monoisotopic (exact) mass is 409 g/mol. The first-order valence-corrected chi connectivity index (χ1v) is 11.8. The molecule has 2 rings (SSSR count). The van der Waals surface area contributed by atoms with Crippen molar-refractivity contribution in [2.45, 2.75) is 66.5 Å². The van der Waals surface area contributed by atoms with Crippen molar-refractivity contribution in [1.29, 1.82) is 0 Å². The maximum Gasteiger partial charge on any atom is 0.191 e. The molecule has 0 radical (unpaired) electrons. The van der Waals surface area contributed by atoms with Crippen molar-refractivity contribution < 1.29 is 4.74 Å². The summed E-state index contributed by atoms with van der Waals surface area (Å²) >= 11 is 0. The Bertz CT molecular complexity index is 494. The molecule has 0 aromatic heterocycles. The van der Waals surface area contributed by atoms with E-state index in [-0.39, 0.29) is 5.41 Å². The van der Waals surface area contributed by atoms with Gasteiger partial charge < -0.3 is 20.3 Å². The van der Waals surface area contributed by atoms with Crippen LogP contribution < -0.4 is 10.6 Å². The Hall–Kier alpha value is -0.850. The first kappa shape index (κ1) is 24.4. The molecule has 2 saturated heterocycles. The van der Waals surface area contributed by atoms with Crippen LogP contribution in [0.15, 0.2) is 4.99 Å². The van der Waals surface area contributed by atoms with Gasteiger partial charge in [0, 0.05) is 57.8 Å². The van der Waals surface area contributed by atoms with E-state index in [0.29, 0.717) is 24.0 Å². The van der Waals surface area contributed by atoms with Gasteiger partial charge >= 0.3 is 0 Å². The Morgan fingerprint density at radius 1 is 1.14 bits per heavy atom. The predicted molar refractivity (Wildman–Crippen MR) is 124 cm³/mol. The number of aliphatic imine (C=N–C) groups is 1. The van der Waals surface area contributed by atoms with Gasteiger partial charge in [0.25, 0.3) is 0 Å². The van der Waals surface area contributed by atoms with Crippen molar-refractivity contribution in [3.05, 3.63) is 0 Å². The molecular weight excluding hydrogens is 362 g/mol. The van der Waals surface area contributed by atoms with Gasteiger partial charge in [0.2, 0.25) is 0 Å². The summed E-state index contributed by atoms with van der Waals surface area (Å²) in [4.78, 5) is 10.0. The molecule has 2 aliphatic heterocycles. The summed E-state index contributed by atoms with van der Waals surface area (Å²) in [5.41, 5.74) is 0.173. The van der Waals surface area contributed by atoms with Crippen LogP contribution in [0.2, 0.25) is 0 Å². The molecule has 0 spiro atoms. The first-order valence-electron chi connectivity index (χ1n) is 11.8. The summed E-state index contributed by atoms with van der Waals surface area (Å²) in [6.45, 7) is 21.8. The van der Waals surface area contributed by atoms with Crippen LogP contribution in [0.3, 0.4) is 0 Å². The fourth-order valence-corrected chi connectivity index (χ4v) is 4.67. The lowest BCUT2D eigenvalue weighted by Crippen LogP contribution is -2.52. The topological polar surface area (TPSA) is 52.1 Å². The number of rotatable bonds is 7. The number of ether oxygens (including phenoxy) is 1. The van der Waals surface area contributed by atoms with E-state index in [1.54, 1.807) is 0 Å². The molecule has 0 saturated carbocycles. The molecule has 6 heteroatoms. The highest BCUT2D eigenvalue weighted by molar-refractivity contribution is 5.79. The van der Waals surface area contributed by atoms with Gasteiger partial charge in [0.15, 0.2) is 5.96 Å². The van der Waals surface area contributed by atoms with Crippen molar-refractivity contribution in [2.24, 2.45) is 22.2 Å². The van der Waals surface area contributed by atoms with Crippen LogP contribution in [-0.4, -0.2) is 87.4 Å². The number of hydrogen-bond acceptors (Lipinski definition) is 4. The minimum absolute atomic E-state index is 0.173. The van der Waals surface area contributed by atoms with Crippen LogP contribution in [0.25, 0.3) is 0 Å². The van der Waals surface area contributed by atoms with Gasteiger partial charge in [-0.05, 0) is 38.1 Å². The van der Waals surface area contributed by atoms with Crippen LogP contribution in [0.1, 0.15) is 54.4 Å². The van der Waals surface area contributed by atoms with Crippen LogP contribution in [0.5, 0.6) is 0 Å². The number of hydrogen-bond donors (Lipinski definition) is 2. The van der Waals surface area contributed by atoms with Gasteiger partial charge in [-0.25, -0.2) is 0 Å². The fourth-order valence-electron chi connectivity index (χ4n) is 4.67. The lowest BCUT2D eigenvalue weighted by atomic mass is 9.78. The third kappa shape index (κ3) is 7.72. The smallest absolute Gasteiger partial charge is 0.191 e. The van der Waals surface area contributed by atoms with E-state index in [0.717, 1.165) is 64.8 Å². The predicted octanol–water partition coefficient (Wildman–Crippen LogP) is 2.65. The normalized spacial score (nSPS) is 26.6. The van der Waals surface area contributed by atoms with Gasteiger partial charge in [-0.15, -0.1) is 0 Å². The molecule has 29 heavy (non-hydrogen) atoms. The second-order valence-electron chi connectivity index (χ2n) is 10.3. The number of guanidine groups is 1. The molecule has 3 atom stereocenters. The van der Waals surface area contributed by atoms with Crippen molar-refractivity contribution in [3.8, 4) is 0 Å². The lowest BCUT2D eigenvalue weighted by molar-refractivity contribution is -0.0835. The Morgan fingerprint density at radius 2 is 1.83 bits per heavy atom. The fraction of sp³-hybridized carbons (Fsp3) is 0.957. The van der Waals surface area contributed by atoms with E-state index in [2.05, 4.69) is 69.0 Å². The molecule has 3 unspecified atom stereocenters. The molecule has 2 heterocycles. The average Bonchev–Trinajstić information content (AvgIpc) is 2.66. The summed E-state index contributed by atoms with van der Waals surface area (Å²) in [5.74, 6) is 2.08. The number of piperazine rings is 1. The molecule has 170 valence electrons. The largest absolute Gasteiger partial charge is 0.377 e. The van der Waals surface area contributed by atoms with Crippen LogP contribution in [0.4, 0.5) is 0 Å². The second-order valence-corrected chi connectivity index (χ2v) is 10.3. The van der Waals surface area contributed by atoms with Crippen LogP contribution >= 0.6 is 0 Å². The van der Waals surface area contributed by atoms with E-state index in [1.807, 2.05) is 0 Å².